The van der Waals surface area contributed by atoms with Crippen molar-refractivity contribution in [2.24, 2.45) is 0 Å². The Morgan fingerprint density at radius 1 is 0.579 bits per heavy atom. The standard InChI is InChI=1S/C32H48N2O4/c1-5-7-9-11-21-33(3)23-31(35)37-25-27-13-17-29(18-14-27)30-19-15-28(16-20-30)26-38-32(36)24-34(4)22-12-10-8-6-2/h13-20H,5-12,21-26H2,1-4H3. The quantitative estimate of drug-likeness (QED) is 0.155. The number of ether oxygens (including phenoxy) is 2. The van der Waals surface area contributed by atoms with Crippen molar-refractivity contribution in [2.75, 3.05) is 40.3 Å². The van der Waals surface area contributed by atoms with Crippen molar-refractivity contribution in [1.82, 2.24) is 9.80 Å². The molecule has 0 saturated carbocycles. The molecule has 2 aromatic rings. The lowest BCUT2D eigenvalue weighted by Gasteiger charge is -2.15. The summed E-state index contributed by atoms with van der Waals surface area (Å²) >= 11 is 0. The van der Waals surface area contributed by atoms with Crippen LogP contribution in [0.4, 0.5) is 0 Å². The van der Waals surface area contributed by atoms with Gasteiger partial charge in [0.25, 0.3) is 0 Å². The van der Waals surface area contributed by atoms with E-state index in [2.05, 4.69) is 13.8 Å². The zero-order valence-electron chi connectivity index (χ0n) is 24.0. The van der Waals surface area contributed by atoms with Gasteiger partial charge in [-0.1, -0.05) is 101 Å². The first-order valence-electron chi connectivity index (χ1n) is 14.3. The van der Waals surface area contributed by atoms with E-state index in [0.29, 0.717) is 13.1 Å². The molecule has 0 N–H and O–H groups in total. The summed E-state index contributed by atoms with van der Waals surface area (Å²) in [7, 11) is 3.93. The van der Waals surface area contributed by atoms with Crippen LogP contribution in [0.1, 0.15) is 76.3 Å². The maximum atomic E-state index is 12.2. The Morgan fingerprint density at radius 3 is 1.29 bits per heavy atom. The molecule has 38 heavy (non-hydrogen) atoms. The first-order chi connectivity index (χ1) is 18.4. The van der Waals surface area contributed by atoms with Crippen molar-refractivity contribution in [1.29, 1.82) is 0 Å². The summed E-state index contributed by atoms with van der Waals surface area (Å²) in [6.45, 7) is 7.43. The number of unbranched alkanes of at least 4 members (excludes halogenated alkanes) is 6. The van der Waals surface area contributed by atoms with Gasteiger partial charge >= 0.3 is 11.9 Å². The Hall–Kier alpha value is -2.70. The summed E-state index contributed by atoms with van der Waals surface area (Å²) in [5.41, 5.74) is 4.10. The van der Waals surface area contributed by atoms with E-state index in [9.17, 15) is 9.59 Å². The van der Waals surface area contributed by atoms with Crippen LogP contribution in [0.3, 0.4) is 0 Å². The van der Waals surface area contributed by atoms with Crippen molar-refractivity contribution in [3.63, 3.8) is 0 Å². The fourth-order valence-electron chi connectivity index (χ4n) is 4.22. The lowest BCUT2D eigenvalue weighted by molar-refractivity contribution is -0.146. The van der Waals surface area contributed by atoms with E-state index in [4.69, 9.17) is 9.47 Å². The van der Waals surface area contributed by atoms with Crippen LogP contribution in [0.15, 0.2) is 48.5 Å². The van der Waals surface area contributed by atoms with Gasteiger partial charge < -0.3 is 9.47 Å². The second kappa shape index (κ2) is 18.5. The predicted octanol–water partition coefficient (Wildman–Crippen LogP) is 6.46. The molecule has 6 heteroatoms. The van der Waals surface area contributed by atoms with E-state index in [0.717, 1.165) is 48.2 Å². The van der Waals surface area contributed by atoms with Gasteiger partial charge in [0, 0.05) is 0 Å². The van der Waals surface area contributed by atoms with Gasteiger partial charge in [-0.2, -0.15) is 0 Å². The fraction of sp³-hybridized carbons (Fsp3) is 0.562. The van der Waals surface area contributed by atoms with E-state index in [1.54, 1.807) is 0 Å². The first kappa shape index (κ1) is 31.5. The van der Waals surface area contributed by atoms with Crippen molar-refractivity contribution >= 4 is 11.9 Å². The molecule has 0 spiro atoms. The Kier molecular flexibility index (Phi) is 15.4. The minimum absolute atomic E-state index is 0.193. The molecule has 2 rings (SSSR count). The average molecular weight is 525 g/mol. The monoisotopic (exact) mass is 524 g/mol. The van der Waals surface area contributed by atoms with Crippen molar-refractivity contribution in [3.05, 3.63) is 59.7 Å². The minimum atomic E-state index is -0.193. The molecular formula is C32H48N2O4. The average Bonchev–Trinajstić information content (AvgIpc) is 2.92. The number of benzene rings is 2. The third kappa shape index (κ3) is 13.2. The number of carbonyl (C=O) groups is 2. The van der Waals surface area contributed by atoms with Crippen molar-refractivity contribution in [3.8, 4) is 11.1 Å². The zero-order chi connectivity index (χ0) is 27.6. The highest BCUT2D eigenvalue weighted by Gasteiger charge is 2.10. The van der Waals surface area contributed by atoms with E-state index >= 15 is 0 Å². The summed E-state index contributed by atoms with van der Waals surface area (Å²) in [6, 6.07) is 16.1. The second-order valence-corrected chi connectivity index (χ2v) is 10.3. The minimum Gasteiger partial charge on any atom is -0.460 e. The lowest BCUT2D eigenvalue weighted by atomic mass is 10.0. The van der Waals surface area contributed by atoms with Crippen LogP contribution in [-0.4, -0.2) is 62.0 Å². The van der Waals surface area contributed by atoms with Crippen LogP contribution >= 0.6 is 0 Å². The number of nitrogens with zero attached hydrogens (tertiary/aromatic N) is 2. The molecule has 0 saturated heterocycles. The van der Waals surface area contributed by atoms with Crippen LogP contribution in [0.5, 0.6) is 0 Å². The fourth-order valence-corrected chi connectivity index (χ4v) is 4.22. The molecule has 2 aromatic carbocycles. The summed E-state index contributed by atoms with van der Waals surface area (Å²) in [5, 5.41) is 0. The topological polar surface area (TPSA) is 59.1 Å². The van der Waals surface area contributed by atoms with Gasteiger partial charge in [-0.3, -0.25) is 19.4 Å². The van der Waals surface area contributed by atoms with Gasteiger partial charge in [0.05, 0.1) is 13.1 Å². The van der Waals surface area contributed by atoms with E-state index in [1.165, 1.54) is 38.5 Å². The highest BCUT2D eigenvalue weighted by molar-refractivity contribution is 5.72. The predicted molar refractivity (Wildman–Crippen MR) is 155 cm³/mol. The molecule has 0 aliphatic rings. The van der Waals surface area contributed by atoms with Gasteiger partial charge in [0.15, 0.2) is 0 Å². The van der Waals surface area contributed by atoms with Crippen LogP contribution < -0.4 is 0 Å². The lowest BCUT2D eigenvalue weighted by Crippen LogP contribution is -2.28. The molecule has 0 aliphatic heterocycles. The van der Waals surface area contributed by atoms with Crippen LogP contribution in [-0.2, 0) is 32.3 Å². The maximum absolute atomic E-state index is 12.2. The van der Waals surface area contributed by atoms with Gasteiger partial charge in [-0.15, -0.1) is 0 Å². The van der Waals surface area contributed by atoms with Crippen molar-refractivity contribution in [2.45, 2.75) is 78.4 Å². The van der Waals surface area contributed by atoms with Gasteiger partial charge in [-0.05, 0) is 62.3 Å². The van der Waals surface area contributed by atoms with E-state index in [1.807, 2.05) is 72.4 Å². The molecule has 0 amide bonds. The number of esters is 2. The normalized spacial score (nSPS) is 11.2. The molecule has 210 valence electrons. The molecule has 0 aliphatic carbocycles. The SMILES string of the molecule is CCCCCCN(C)CC(=O)OCc1ccc(-c2ccc(COC(=O)CN(C)CCCCCC)cc2)cc1. The van der Waals surface area contributed by atoms with Crippen molar-refractivity contribution < 1.29 is 19.1 Å². The summed E-state index contributed by atoms with van der Waals surface area (Å²) in [6.07, 6.45) is 9.54. The first-order valence-corrected chi connectivity index (χ1v) is 14.3. The van der Waals surface area contributed by atoms with Crippen LogP contribution in [0, 0.1) is 0 Å². The van der Waals surface area contributed by atoms with Crippen LogP contribution in [0.25, 0.3) is 11.1 Å². The molecule has 6 nitrogen and oxygen atoms in total. The number of likely N-dealkylation sites (N-methyl/N-ethyl adjacent to an activating group) is 2. The van der Waals surface area contributed by atoms with Gasteiger partial charge in [-0.25, -0.2) is 0 Å². The smallest absolute Gasteiger partial charge is 0.320 e. The molecule has 0 atom stereocenters. The number of hydrogen-bond donors (Lipinski definition) is 0. The summed E-state index contributed by atoms with van der Waals surface area (Å²) < 4.78 is 10.9. The third-order valence-corrected chi connectivity index (χ3v) is 6.63. The second-order valence-electron chi connectivity index (χ2n) is 10.3. The molecule has 0 unspecified atom stereocenters. The largest absolute Gasteiger partial charge is 0.460 e. The maximum Gasteiger partial charge on any atom is 0.320 e. The highest BCUT2D eigenvalue weighted by atomic mass is 16.5. The summed E-state index contributed by atoms with van der Waals surface area (Å²) in [5.74, 6) is -0.385. The highest BCUT2D eigenvalue weighted by Crippen LogP contribution is 2.21. The van der Waals surface area contributed by atoms with Crippen LogP contribution in [0.2, 0.25) is 0 Å². The molecule has 0 radical (unpaired) electrons. The third-order valence-electron chi connectivity index (χ3n) is 6.63. The van der Waals surface area contributed by atoms with Gasteiger partial charge in [0.2, 0.25) is 0 Å². The molecule has 0 heterocycles. The molecule has 0 aromatic heterocycles. The number of rotatable bonds is 19. The molecule has 0 bridgehead atoms. The van der Waals surface area contributed by atoms with E-state index < -0.39 is 0 Å². The molecule has 0 fully saturated rings. The van der Waals surface area contributed by atoms with Gasteiger partial charge in [0.1, 0.15) is 13.2 Å². The Balaban J connectivity index is 1.71. The molecular weight excluding hydrogens is 476 g/mol. The van der Waals surface area contributed by atoms with E-state index in [-0.39, 0.29) is 25.2 Å². The Morgan fingerprint density at radius 2 is 0.947 bits per heavy atom. The zero-order valence-corrected chi connectivity index (χ0v) is 24.0. The number of carbonyl (C=O) groups excluding carboxylic acids is 2. The number of hydrogen-bond acceptors (Lipinski definition) is 6. The Bertz CT molecular complexity index is 850. The Labute approximate surface area is 230 Å². The summed E-state index contributed by atoms with van der Waals surface area (Å²) in [4.78, 5) is 28.4.